The van der Waals surface area contributed by atoms with Crippen LogP contribution in [0.15, 0.2) is 54.6 Å². The Morgan fingerprint density at radius 1 is 0.958 bits per heavy atom. The standard InChI is InChI=1S/C11H12O3.C7H9N.CH5N/c1-2-14-11(13)8-10(12)9-6-4-3-5-7-9;1-6-2-4-7(8)5-3-6;1-2/h3-7H,2,8H2,1H3;2-5H,8H2,1H3;2H2,1H3. The smallest absolute Gasteiger partial charge is 0.313 e. The molecule has 0 unspecified atom stereocenters. The number of benzene rings is 2. The van der Waals surface area contributed by atoms with Crippen molar-refractivity contribution in [1.29, 1.82) is 0 Å². The van der Waals surface area contributed by atoms with E-state index in [1.807, 2.05) is 37.3 Å². The summed E-state index contributed by atoms with van der Waals surface area (Å²) < 4.78 is 4.67. The molecular weight excluding hydrogens is 304 g/mol. The third-order valence-corrected chi connectivity index (χ3v) is 2.78. The number of anilines is 1. The Morgan fingerprint density at radius 3 is 1.96 bits per heavy atom. The number of carbonyl (C=O) groups is 2. The van der Waals surface area contributed by atoms with Gasteiger partial charge in [-0.1, -0.05) is 48.0 Å². The van der Waals surface area contributed by atoms with E-state index in [1.54, 1.807) is 31.2 Å². The summed E-state index contributed by atoms with van der Waals surface area (Å²) in [5.41, 5.74) is 12.5. The van der Waals surface area contributed by atoms with Crippen LogP contribution in [0.1, 0.15) is 29.3 Å². The highest BCUT2D eigenvalue weighted by Crippen LogP contribution is 2.03. The average molecular weight is 330 g/mol. The van der Waals surface area contributed by atoms with Crippen LogP contribution in [0.25, 0.3) is 0 Å². The summed E-state index contributed by atoms with van der Waals surface area (Å²) in [6.45, 7) is 4.06. The van der Waals surface area contributed by atoms with Crippen LogP contribution >= 0.6 is 0 Å². The molecule has 2 aromatic carbocycles. The fraction of sp³-hybridized carbons (Fsp3) is 0.263. The summed E-state index contributed by atoms with van der Waals surface area (Å²) in [6.07, 6.45) is -0.183. The first kappa shape index (κ1) is 21.3. The summed E-state index contributed by atoms with van der Waals surface area (Å²) >= 11 is 0. The zero-order valence-electron chi connectivity index (χ0n) is 14.5. The van der Waals surface area contributed by atoms with Gasteiger partial charge in [0.25, 0.3) is 0 Å². The van der Waals surface area contributed by atoms with Crippen LogP contribution < -0.4 is 11.5 Å². The molecule has 0 aliphatic carbocycles. The predicted molar refractivity (Wildman–Crippen MR) is 97.7 cm³/mol. The monoisotopic (exact) mass is 330 g/mol. The minimum absolute atomic E-state index is 0.183. The van der Waals surface area contributed by atoms with Crippen LogP contribution in [0.2, 0.25) is 0 Å². The number of hydrogen-bond donors (Lipinski definition) is 2. The van der Waals surface area contributed by atoms with E-state index in [2.05, 4.69) is 10.5 Å². The van der Waals surface area contributed by atoms with E-state index in [0.29, 0.717) is 12.2 Å². The first-order valence-electron chi connectivity index (χ1n) is 7.66. The molecule has 5 nitrogen and oxygen atoms in total. The van der Waals surface area contributed by atoms with E-state index in [4.69, 9.17) is 5.73 Å². The van der Waals surface area contributed by atoms with E-state index in [-0.39, 0.29) is 12.2 Å². The number of nitrogens with two attached hydrogens (primary N) is 2. The molecule has 0 saturated heterocycles. The Morgan fingerprint density at radius 2 is 1.50 bits per heavy atom. The Labute approximate surface area is 143 Å². The SMILES string of the molecule is CCOC(=O)CC(=O)c1ccccc1.CN.Cc1ccc(N)cc1. The van der Waals surface area contributed by atoms with E-state index >= 15 is 0 Å². The lowest BCUT2D eigenvalue weighted by atomic mass is 10.1. The normalized spacial score (nSPS) is 8.83. The lowest BCUT2D eigenvalue weighted by Crippen LogP contribution is -2.11. The van der Waals surface area contributed by atoms with E-state index in [1.165, 1.54) is 12.6 Å². The number of carbonyl (C=O) groups excluding carboxylic acids is 2. The molecule has 130 valence electrons. The molecule has 0 amide bonds. The molecule has 0 saturated carbocycles. The molecule has 0 fully saturated rings. The molecule has 0 heterocycles. The third-order valence-electron chi connectivity index (χ3n) is 2.78. The lowest BCUT2D eigenvalue weighted by Gasteiger charge is -2.00. The molecule has 0 aliphatic rings. The second-order valence-corrected chi connectivity index (χ2v) is 4.68. The second-order valence-electron chi connectivity index (χ2n) is 4.68. The zero-order valence-corrected chi connectivity index (χ0v) is 14.5. The van der Waals surface area contributed by atoms with Crippen molar-refractivity contribution in [2.45, 2.75) is 20.3 Å². The van der Waals surface area contributed by atoms with E-state index in [0.717, 1.165) is 5.69 Å². The fourth-order valence-corrected chi connectivity index (χ4v) is 1.64. The van der Waals surface area contributed by atoms with Gasteiger partial charge in [-0.2, -0.15) is 0 Å². The van der Waals surface area contributed by atoms with Crippen molar-refractivity contribution in [3.8, 4) is 0 Å². The van der Waals surface area contributed by atoms with E-state index in [9.17, 15) is 9.59 Å². The quantitative estimate of drug-likeness (QED) is 0.389. The summed E-state index contributed by atoms with van der Waals surface area (Å²) in [5.74, 6) is -0.676. The molecule has 0 radical (unpaired) electrons. The van der Waals surface area contributed by atoms with Crippen molar-refractivity contribution in [1.82, 2.24) is 0 Å². The van der Waals surface area contributed by atoms with Gasteiger partial charge in [0.2, 0.25) is 0 Å². The van der Waals surface area contributed by atoms with Crippen LogP contribution in [0.3, 0.4) is 0 Å². The van der Waals surface area contributed by atoms with Crippen molar-refractivity contribution < 1.29 is 14.3 Å². The van der Waals surface area contributed by atoms with Crippen LogP contribution in [0.4, 0.5) is 5.69 Å². The van der Waals surface area contributed by atoms with Gasteiger partial charge in [-0.3, -0.25) is 9.59 Å². The van der Waals surface area contributed by atoms with Crippen LogP contribution in [-0.4, -0.2) is 25.4 Å². The first-order chi connectivity index (χ1) is 11.5. The Hall–Kier alpha value is -2.66. The number of Topliss-reactive ketones (excluding diaryl/α,β-unsaturated/α-hetero) is 1. The number of hydrogen-bond acceptors (Lipinski definition) is 5. The molecule has 0 aromatic heterocycles. The van der Waals surface area contributed by atoms with Gasteiger partial charge in [0.05, 0.1) is 6.61 Å². The number of ketones is 1. The summed E-state index contributed by atoms with van der Waals surface area (Å²) in [7, 11) is 1.50. The minimum Gasteiger partial charge on any atom is -0.466 e. The molecular formula is C19H26N2O3. The van der Waals surface area contributed by atoms with Crippen molar-refractivity contribution in [2.24, 2.45) is 5.73 Å². The van der Waals surface area contributed by atoms with Gasteiger partial charge in [-0.05, 0) is 33.0 Å². The minimum atomic E-state index is -0.471. The molecule has 4 N–H and O–H groups in total. The Bertz CT molecular complexity index is 575. The van der Waals surface area contributed by atoms with Gasteiger partial charge >= 0.3 is 5.97 Å². The molecule has 2 aromatic rings. The highest BCUT2D eigenvalue weighted by atomic mass is 16.5. The van der Waals surface area contributed by atoms with Gasteiger partial charge < -0.3 is 16.2 Å². The molecule has 0 bridgehead atoms. The summed E-state index contributed by atoms with van der Waals surface area (Å²) in [6, 6.07) is 16.5. The highest BCUT2D eigenvalue weighted by molar-refractivity contribution is 6.05. The summed E-state index contributed by atoms with van der Waals surface area (Å²) in [5, 5.41) is 0. The second kappa shape index (κ2) is 12.8. The highest BCUT2D eigenvalue weighted by Gasteiger charge is 2.11. The van der Waals surface area contributed by atoms with Gasteiger partial charge in [-0.25, -0.2) is 0 Å². The third kappa shape index (κ3) is 9.38. The fourth-order valence-electron chi connectivity index (χ4n) is 1.64. The lowest BCUT2D eigenvalue weighted by molar-refractivity contribution is -0.141. The van der Waals surface area contributed by atoms with Gasteiger partial charge in [-0.15, -0.1) is 0 Å². The average Bonchev–Trinajstić information content (AvgIpc) is 2.61. The Balaban J connectivity index is 0.000000447. The molecule has 0 atom stereocenters. The molecule has 0 aliphatic heterocycles. The van der Waals surface area contributed by atoms with Crippen LogP contribution in [-0.2, 0) is 9.53 Å². The van der Waals surface area contributed by atoms with Gasteiger partial charge in [0, 0.05) is 11.3 Å². The molecule has 0 spiro atoms. The summed E-state index contributed by atoms with van der Waals surface area (Å²) in [4.78, 5) is 22.4. The number of esters is 1. The van der Waals surface area contributed by atoms with E-state index < -0.39 is 5.97 Å². The van der Waals surface area contributed by atoms with Crippen LogP contribution in [0.5, 0.6) is 0 Å². The number of aryl methyl sites for hydroxylation is 1. The first-order valence-corrected chi connectivity index (χ1v) is 7.66. The largest absolute Gasteiger partial charge is 0.466 e. The predicted octanol–water partition coefficient (Wildman–Crippen LogP) is 2.97. The van der Waals surface area contributed by atoms with Crippen molar-refractivity contribution in [3.05, 3.63) is 65.7 Å². The van der Waals surface area contributed by atoms with Gasteiger partial charge in [0.15, 0.2) is 5.78 Å². The maximum Gasteiger partial charge on any atom is 0.313 e. The van der Waals surface area contributed by atoms with Crippen molar-refractivity contribution in [3.63, 3.8) is 0 Å². The van der Waals surface area contributed by atoms with Crippen molar-refractivity contribution in [2.75, 3.05) is 19.4 Å². The maximum atomic E-state index is 11.4. The number of rotatable bonds is 4. The van der Waals surface area contributed by atoms with Gasteiger partial charge in [0.1, 0.15) is 6.42 Å². The maximum absolute atomic E-state index is 11.4. The topological polar surface area (TPSA) is 95.4 Å². The number of ether oxygens (including phenoxy) is 1. The molecule has 5 heteroatoms. The number of nitrogen functional groups attached to an aromatic ring is 1. The zero-order chi connectivity index (χ0) is 18.4. The molecule has 2 rings (SSSR count). The van der Waals surface area contributed by atoms with Crippen molar-refractivity contribution >= 4 is 17.4 Å². The molecule has 24 heavy (non-hydrogen) atoms. The Kier molecular flexibility index (Phi) is 11.4. The van der Waals surface area contributed by atoms with Crippen LogP contribution in [0, 0.1) is 6.92 Å².